The van der Waals surface area contributed by atoms with Crippen LogP contribution in [0.3, 0.4) is 0 Å². The van der Waals surface area contributed by atoms with E-state index in [0.717, 1.165) is 30.1 Å². The first-order valence-corrected chi connectivity index (χ1v) is 6.92. The van der Waals surface area contributed by atoms with Crippen LogP contribution in [0.1, 0.15) is 17.5 Å². The molecular weight excluding hydrogens is 251 g/mol. The van der Waals surface area contributed by atoms with Gasteiger partial charge in [0.15, 0.2) is 0 Å². The molecule has 18 heavy (non-hydrogen) atoms. The standard InChI is InChI=1S/C14H15FO2S/c15-13-5-4-12(10-18-14-8-17-9-14)11(7-13)3-1-2-6-16/h4-5,7,14,16H,2,6,8-10H2. The van der Waals surface area contributed by atoms with E-state index in [4.69, 9.17) is 9.84 Å². The van der Waals surface area contributed by atoms with E-state index in [1.807, 2.05) is 11.8 Å². The number of thioether (sulfide) groups is 1. The van der Waals surface area contributed by atoms with Gasteiger partial charge in [-0.1, -0.05) is 17.9 Å². The fourth-order valence-electron chi connectivity index (χ4n) is 1.52. The van der Waals surface area contributed by atoms with Gasteiger partial charge in [0.25, 0.3) is 0 Å². The van der Waals surface area contributed by atoms with Crippen molar-refractivity contribution in [2.75, 3.05) is 19.8 Å². The number of rotatable bonds is 4. The van der Waals surface area contributed by atoms with Crippen LogP contribution in [0.15, 0.2) is 18.2 Å². The molecule has 0 bridgehead atoms. The predicted molar refractivity (Wildman–Crippen MR) is 70.9 cm³/mol. The van der Waals surface area contributed by atoms with Crippen molar-refractivity contribution in [1.82, 2.24) is 0 Å². The smallest absolute Gasteiger partial charge is 0.124 e. The van der Waals surface area contributed by atoms with E-state index in [0.29, 0.717) is 11.7 Å². The average molecular weight is 266 g/mol. The van der Waals surface area contributed by atoms with Crippen LogP contribution in [0.5, 0.6) is 0 Å². The van der Waals surface area contributed by atoms with Crippen LogP contribution in [0.4, 0.5) is 4.39 Å². The molecule has 96 valence electrons. The van der Waals surface area contributed by atoms with Crippen LogP contribution in [0, 0.1) is 17.7 Å². The molecule has 1 fully saturated rings. The minimum Gasteiger partial charge on any atom is -0.395 e. The molecule has 2 nitrogen and oxygen atoms in total. The lowest BCUT2D eigenvalue weighted by molar-refractivity contribution is 0.0455. The molecule has 0 spiro atoms. The second kappa shape index (κ2) is 6.79. The zero-order valence-corrected chi connectivity index (χ0v) is 10.8. The van der Waals surface area contributed by atoms with E-state index < -0.39 is 0 Å². The van der Waals surface area contributed by atoms with Crippen LogP contribution < -0.4 is 0 Å². The SMILES string of the molecule is OCCC#Cc1cc(F)ccc1CSC1COC1. The maximum atomic E-state index is 13.2. The summed E-state index contributed by atoms with van der Waals surface area (Å²) in [6.45, 7) is 1.64. The highest BCUT2D eigenvalue weighted by atomic mass is 32.2. The lowest BCUT2D eigenvalue weighted by Gasteiger charge is -2.25. The normalized spacial score (nSPS) is 14.8. The fraction of sp³-hybridized carbons (Fsp3) is 0.429. The van der Waals surface area contributed by atoms with Crippen LogP contribution in [-0.4, -0.2) is 30.2 Å². The molecule has 1 aromatic carbocycles. The van der Waals surface area contributed by atoms with Gasteiger partial charge in [-0.2, -0.15) is 0 Å². The van der Waals surface area contributed by atoms with Crippen molar-refractivity contribution < 1.29 is 14.2 Å². The Bertz CT molecular complexity index is 461. The van der Waals surface area contributed by atoms with Gasteiger partial charge < -0.3 is 9.84 Å². The maximum absolute atomic E-state index is 13.2. The minimum absolute atomic E-state index is 0.0335. The molecular formula is C14H15FO2S. The second-order valence-corrected chi connectivity index (χ2v) is 5.34. The Balaban J connectivity index is 2.04. The number of ether oxygens (including phenoxy) is 1. The highest BCUT2D eigenvalue weighted by Gasteiger charge is 2.18. The molecule has 0 aliphatic carbocycles. The van der Waals surface area contributed by atoms with Crippen molar-refractivity contribution in [3.8, 4) is 11.8 Å². The maximum Gasteiger partial charge on any atom is 0.124 e. The number of hydrogen-bond acceptors (Lipinski definition) is 3. The molecule has 4 heteroatoms. The first-order chi connectivity index (χ1) is 8.79. The average Bonchev–Trinajstić information content (AvgIpc) is 2.30. The van der Waals surface area contributed by atoms with E-state index in [2.05, 4.69) is 11.8 Å². The van der Waals surface area contributed by atoms with Gasteiger partial charge in [0.1, 0.15) is 5.82 Å². The van der Waals surface area contributed by atoms with Gasteiger partial charge in [0.2, 0.25) is 0 Å². The van der Waals surface area contributed by atoms with Gasteiger partial charge in [0.05, 0.1) is 25.1 Å². The molecule has 0 saturated carbocycles. The van der Waals surface area contributed by atoms with Crippen LogP contribution in [0.25, 0.3) is 0 Å². The molecule has 1 aliphatic heterocycles. The molecule has 1 aromatic rings. The zero-order chi connectivity index (χ0) is 12.8. The molecule has 1 saturated heterocycles. The van der Waals surface area contributed by atoms with Crippen molar-refractivity contribution in [3.05, 3.63) is 35.1 Å². The highest BCUT2D eigenvalue weighted by molar-refractivity contribution is 7.99. The quantitative estimate of drug-likeness (QED) is 0.847. The third-order valence-corrected chi connectivity index (χ3v) is 3.84. The van der Waals surface area contributed by atoms with Crippen LogP contribution in [-0.2, 0) is 10.5 Å². The van der Waals surface area contributed by atoms with Crippen molar-refractivity contribution in [1.29, 1.82) is 0 Å². The van der Waals surface area contributed by atoms with Crippen molar-refractivity contribution in [2.45, 2.75) is 17.4 Å². The lowest BCUT2D eigenvalue weighted by Crippen LogP contribution is -2.30. The van der Waals surface area contributed by atoms with Gasteiger partial charge in [0, 0.05) is 17.7 Å². The first kappa shape index (κ1) is 13.4. The van der Waals surface area contributed by atoms with Gasteiger partial charge in [-0.05, 0) is 17.7 Å². The Morgan fingerprint density at radius 3 is 2.94 bits per heavy atom. The number of aliphatic hydroxyl groups excluding tert-OH is 1. The largest absolute Gasteiger partial charge is 0.395 e. The molecule has 1 aliphatic rings. The topological polar surface area (TPSA) is 29.5 Å². The first-order valence-electron chi connectivity index (χ1n) is 5.87. The molecule has 1 N–H and O–H groups in total. The summed E-state index contributed by atoms with van der Waals surface area (Å²) in [4.78, 5) is 0. The molecule has 1 heterocycles. The number of halogens is 1. The lowest BCUT2D eigenvalue weighted by atomic mass is 10.1. The van der Waals surface area contributed by atoms with E-state index in [9.17, 15) is 4.39 Å². The number of hydrogen-bond donors (Lipinski definition) is 1. The van der Waals surface area contributed by atoms with Crippen molar-refractivity contribution >= 4 is 11.8 Å². The summed E-state index contributed by atoms with van der Waals surface area (Å²) in [6, 6.07) is 4.70. The molecule has 0 radical (unpaired) electrons. The summed E-state index contributed by atoms with van der Waals surface area (Å²) in [5, 5.41) is 9.24. The summed E-state index contributed by atoms with van der Waals surface area (Å²) in [5.41, 5.74) is 1.76. The molecule has 0 atom stereocenters. The van der Waals surface area contributed by atoms with E-state index in [1.54, 1.807) is 6.07 Å². The molecule has 0 aromatic heterocycles. The number of benzene rings is 1. The third kappa shape index (κ3) is 3.74. The van der Waals surface area contributed by atoms with Crippen LogP contribution >= 0.6 is 11.8 Å². The molecule has 0 amide bonds. The van der Waals surface area contributed by atoms with Gasteiger partial charge in [-0.3, -0.25) is 0 Å². The van der Waals surface area contributed by atoms with Gasteiger partial charge in [-0.15, -0.1) is 11.8 Å². The summed E-state index contributed by atoms with van der Waals surface area (Å²) >= 11 is 1.81. The van der Waals surface area contributed by atoms with Crippen molar-refractivity contribution in [2.24, 2.45) is 0 Å². The van der Waals surface area contributed by atoms with Gasteiger partial charge in [-0.25, -0.2) is 4.39 Å². The Labute approximate surface area is 111 Å². The Morgan fingerprint density at radius 2 is 2.28 bits per heavy atom. The van der Waals surface area contributed by atoms with E-state index in [-0.39, 0.29) is 12.4 Å². The summed E-state index contributed by atoms with van der Waals surface area (Å²) in [6.07, 6.45) is 0.416. The Kier molecular flexibility index (Phi) is 5.06. The second-order valence-electron chi connectivity index (χ2n) is 4.05. The zero-order valence-electron chi connectivity index (χ0n) is 9.99. The van der Waals surface area contributed by atoms with E-state index in [1.165, 1.54) is 12.1 Å². The Hall–Kier alpha value is -1.02. The fourth-order valence-corrected chi connectivity index (χ4v) is 2.57. The monoisotopic (exact) mass is 266 g/mol. The van der Waals surface area contributed by atoms with Gasteiger partial charge >= 0.3 is 0 Å². The summed E-state index contributed by atoms with van der Waals surface area (Å²) in [5.74, 6) is 6.30. The minimum atomic E-state index is -0.274. The highest BCUT2D eigenvalue weighted by Crippen LogP contribution is 2.25. The summed E-state index contributed by atoms with van der Waals surface area (Å²) < 4.78 is 18.3. The number of aliphatic hydroxyl groups is 1. The summed E-state index contributed by atoms with van der Waals surface area (Å²) in [7, 11) is 0. The van der Waals surface area contributed by atoms with E-state index >= 15 is 0 Å². The molecule has 0 unspecified atom stereocenters. The van der Waals surface area contributed by atoms with Crippen LogP contribution in [0.2, 0.25) is 0 Å². The third-order valence-electron chi connectivity index (χ3n) is 2.61. The predicted octanol–water partition coefficient (Wildman–Crippen LogP) is 2.19. The van der Waals surface area contributed by atoms with Crippen molar-refractivity contribution in [3.63, 3.8) is 0 Å². The molecule has 2 rings (SSSR count). The Morgan fingerprint density at radius 1 is 1.44 bits per heavy atom.